The molecule has 1 rings (SSSR count). The summed E-state index contributed by atoms with van der Waals surface area (Å²) in [5, 5.41) is 12.6. The molecule has 0 fully saturated rings. The van der Waals surface area contributed by atoms with Crippen LogP contribution >= 0.6 is 0 Å². The summed E-state index contributed by atoms with van der Waals surface area (Å²) in [7, 11) is 4.56. The predicted octanol–water partition coefficient (Wildman–Crippen LogP) is 1.43. The molecule has 0 aliphatic heterocycles. The van der Waals surface area contributed by atoms with Crippen LogP contribution in [-0.4, -0.2) is 33.2 Å². The molecule has 0 unspecified atom stereocenters. The van der Waals surface area contributed by atoms with Crippen LogP contribution in [0.25, 0.3) is 0 Å². The highest BCUT2D eigenvalue weighted by molar-refractivity contribution is 5.61. The lowest BCUT2D eigenvalue weighted by molar-refractivity contribution is 0.221. The Balaban J connectivity index is 2.97. The predicted molar refractivity (Wildman–Crippen MR) is 56.7 cm³/mol. The zero-order chi connectivity index (χ0) is 11.3. The number of benzene rings is 1. The molecule has 0 bridgehead atoms. The Labute approximate surface area is 88.6 Å². The highest BCUT2D eigenvalue weighted by atomic mass is 16.5. The van der Waals surface area contributed by atoms with Crippen molar-refractivity contribution in [1.29, 1.82) is 0 Å². The Morgan fingerprint density at radius 2 is 1.93 bits per heavy atom. The van der Waals surface area contributed by atoms with E-state index in [0.717, 1.165) is 0 Å². The van der Waals surface area contributed by atoms with Gasteiger partial charge in [-0.2, -0.15) is 0 Å². The number of phenolic OH excluding ortho intramolecular Hbond substituents is 1. The van der Waals surface area contributed by atoms with Gasteiger partial charge in [0.1, 0.15) is 6.73 Å². The summed E-state index contributed by atoms with van der Waals surface area (Å²) >= 11 is 0. The fraction of sp³-hybridized carbons (Fsp3) is 0.400. The van der Waals surface area contributed by atoms with Gasteiger partial charge < -0.3 is 24.6 Å². The molecule has 0 atom stereocenters. The summed E-state index contributed by atoms with van der Waals surface area (Å²) < 4.78 is 14.9. The van der Waals surface area contributed by atoms with Crippen molar-refractivity contribution >= 4 is 5.69 Å². The minimum absolute atomic E-state index is 0.0236. The van der Waals surface area contributed by atoms with Crippen molar-refractivity contribution in [2.45, 2.75) is 0 Å². The highest BCUT2D eigenvalue weighted by Crippen LogP contribution is 2.38. The highest BCUT2D eigenvalue weighted by Gasteiger charge is 2.10. The molecule has 15 heavy (non-hydrogen) atoms. The van der Waals surface area contributed by atoms with Gasteiger partial charge in [-0.3, -0.25) is 0 Å². The quantitative estimate of drug-likeness (QED) is 0.724. The van der Waals surface area contributed by atoms with Crippen LogP contribution in [0.4, 0.5) is 5.69 Å². The van der Waals surface area contributed by atoms with E-state index in [-0.39, 0.29) is 5.75 Å². The average Bonchev–Trinajstić information content (AvgIpc) is 2.25. The molecule has 0 aliphatic carbocycles. The van der Waals surface area contributed by atoms with Crippen LogP contribution in [0, 0.1) is 0 Å². The first-order valence-electron chi connectivity index (χ1n) is 4.40. The van der Waals surface area contributed by atoms with E-state index >= 15 is 0 Å². The fourth-order valence-corrected chi connectivity index (χ4v) is 1.20. The van der Waals surface area contributed by atoms with Crippen LogP contribution in [-0.2, 0) is 4.74 Å². The summed E-state index contributed by atoms with van der Waals surface area (Å²) in [4.78, 5) is 0. The van der Waals surface area contributed by atoms with Crippen molar-refractivity contribution in [2.24, 2.45) is 0 Å². The summed E-state index contributed by atoms with van der Waals surface area (Å²) in [6, 6.07) is 3.26. The second-order valence-corrected chi connectivity index (χ2v) is 2.84. The minimum atomic E-state index is 0.0236. The number of ether oxygens (including phenoxy) is 3. The molecule has 0 amide bonds. The van der Waals surface area contributed by atoms with E-state index in [2.05, 4.69) is 5.32 Å². The van der Waals surface area contributed by atoms with E-state index in [4.69, 9.17) is 14.2 Å². The SMILES string of the molecule is COCNc1cc(O)c(OC)c(OC)c1. The molecule has 0 heterocycles. The lowest BCUT2D eigenvalue weighted by atomic mass is 10.2. The summed E-state index contributed by atoms with van der Waals surface area (Å²) in [5.74, 6) is 0.812. The Morgan fingerprint density at radius 1 is 1.20 bits per heavy atom. The molecule has 0 spiro atoms. The number of aromatic hydroxyl groups is 1. The number of phenols is 1. The number of anilines is 1. The number of rotatable bonds is 5. The normalized spacial score (nSPS) is 9.80. The minimum Gasteiger partial charge on any atom is -0.504 e. The van der Waals surface area contributed by atoms with Crippen molar-refractivity contribution in [3.63, 3.8) is 0 Å². The van der Waals surface area contributed by atoms with Crippen LogP contribution in [0.3, 0.4) is 0 Å². The monoisotopic (exact) mass is 213 g/mol. The molecular weight excluding hydrogens is 198 g/mol. The second kappa shape index (κ2) is 5.31. The molecule has 5 heteroatoms. The van der Waals surface area contributed by atoms with Gasteiger partial charge in [0.2, 0.25) is 5.75 Å². The fourth-order valence-electron chi connectivity index (χ4n) is 1.20. The molecule has 0 saturated heterocycles. The summed E-state index contributed by atoms with van der Waals surface area (Å²) in [5.41, 5.74) is 0.701. The number of nitrogens with one attached hydrogen (secondary N) is 1. The van der Waals surface area contributed by atoms with E-state index in [1.165, 1.54) is 14.2 Å². The standard InChI is InChI=1S/C10H15NO4/c1-13-6-11-7-4-8(12)10(15-3)9(5-7)14-2/h4-5,11-12H,6H2,1-3H3. The largest absolute Gasteiger partial charge is 0.504 e. The van der Waals surface area contributed by atoms with Crippen molar-refractivity contribution in [2.75, 3.05) is 33.4 Å². The third-order valence-electron chi connectivity index (χ3n) is 1.88. The lowest BCUT2D eigenvalue weighted by Gasteiger charge is -2.12. The van der Waals surface area contributed by atoms with Gasteiger partial charge in [0.05, 0.1) is 14.2 Å². The zero-order valence-electron chi connectivity index (χ0n) is 9.03. The van der Waals surface area contributed by atoms with Crippen molar-refractivity contribution in [1.82, 2.24) is 0 Å². The van der Waals surface area contributed by atoms with E-state index in [0.29, 0.717) is 23.9 Å². The Bertz CT molecular complexity index is 327. The van der Waals surface area contributed by atoms with Crippen LogP contribution < -0.4 is 14.8 Å². The molecule has 5 nitrogen and oxygen atoms in total. The van der Waals surface area contributed by atoms with Crippen LogP contribution in [0.15, 0.2) is 12.1 Å². The van der Waals surface area contributed by atoms with Gasteiger partial charge in [-0.15, -0.1) is 0 Å². The molecule has 1 aromatic carbocycles. The van der Waals surface area contributed by atoms with Crippen molar-refractivity contribution in [3.8, 4) is 17.2 Å². The number of hydrogen-bond donors (Lipinski definition) is 2. The molecule has 0 aliphatic rings. The summed E-state index contributed by atoms with van der Waals surface area (Å²) in [6.45, 7) is 0.356. The lowest BCUT2D eigenvalue weighted by Crippen LogP contribution is -2.03. The van der Waals surface area contributed by atoms with Gasteiger partial charge in [-0.05, 0) is 0 Å². The Morgan fingerprint density at radius 3 is 2.47 bits per heavy atom. The van der Waals surface area contributed by atoms with Crippen molar-refractivity contribution < 1.29 is 19.3 Å². The van der Waals surface area contributed by atoms with Gasteiger partial charge >= 0.3 is 0 Å². The first-order valence-corrected chi connectivity index (χ1v) is 4.40. The zero-order valence-corrected chi connectivity index (χ0v) is 9.03. The average molecular weight is 213 g/mol. The van der Waals surface area contributed by atoms with E-state index < -0.39 is 0 Å². The molecule has 0 radical (unpaired) electrons. The second-order valence-electron chi connectivity index (χ2n) is 2.84. The molecule has 1 aromatic rings. The molecule has 84 valence electrons. The van der Waals surface area contributed by atoms with Gasteiger partial charge in [0.15, 0.2) is 11.5 Å². The van der Waals surface area contributed by atoms with E-state index in [1.54, 1.807) is 19.2 Å². The Kier molecular flexibility index (Phi) is 4.05. The molecular formula is C10H15NO4. The van der Waals surface area contributed by atoms with Gasteiger partial charge in [0, 0.05) is 24.9 Å². The van der Waals surface area contributed by atoms with Gasteiger partial charge in [-0.1, -0.05) is 0 Å². The van der Waals surface area contributed by atoms with Gasteiger partial charge in [-0.25, -0.2) is 0 Å². The van der Waals surface area contributed by atoms with Crippen LogP contribution in [0.5, 0.6) is 17.2 Å². The molecule has 0 aromatic heterocycles. The summed E-state index contributed by atoms with van der Waals surface area (Å²) in [6.07, 6.45) is 0. The molecule has 0 saturated carbocycles. The van der Waals surface area contributed by atoms with Crippen LogP contribution in [0.2, 0.25) is 0 Å². The third kappa shape index (κ3) is 2.66. The topological polar surface area (TPSA) is 60.0 Å². The first kappa shape index (κ1) is 11.5. The van der Waals surface area contributed by atoms with E-state index in [1.807, 2.05) is 0 Å². The van der Waals surface area contributed by atoms with Crippen molar-refractivity contribution in [3.05, 3.63) is 12.1 Å². The molecule has 2 N–H and O–H groups in total. The maximum absolute atomic E-state index is 9.62. The number of methoxy groups -OCH3 is 3. The maximum atomic E-state index is 9.62. The third-order valence-corrected chi connectivity index (χ3v) is 1.88. The van der Waals surface area contributed by atoms with Gasteiger partial charge in [0.25, 0.3) is 0 Å². The maximum Gasteiger partial charge on any atom is 0.203 e. The number of hydrogen-bond acceptors (Lipinski definition) is 5. The Hall–Kier alpha value is -1.62. The van der Waals surface area contributed by atoms with E-state index in [9.17, 15) is 5.11 Å². The first-order chi connectivity index (χ1) is 7.22. The smallest absolute Gasteiger partial charge is 0.203 e. The van der Waals surface area contributed by atoms with Crippen LogP contribution in [0.1, 0.15) is 0 Å².